The van der Waals surface area contributed by atoms with Gasteiger partial charge in [-0.2, -0.15) is 10.2 Å². The molecule has 140 valence electrons. The average Bonchev–Trinajstić information content (AvgIpc) is 3.18. The molecule has 3 aromatic rings. The second-order valence-corrected chi connectivity index (χ2v) is 6.82. The van der Waals surface area contributed by atoms with E-state index in [1.807, 2.05) is 52.3 Å². The van der Waals surface area contributed by atoms with Gasteiger partial charge in [0.1, 0.15) is 6.07 Å². The number of aromatic nitrogens is 1. The third-order valence-corrected chi connectivity index (χ3v) is 5.02. The van der Waals surface area contributed by atoms with Gasteiger partial charge in [0.2, 0.25) is 17.5 Å². The number of hydrogen-bond donors (Lipinski definition) is 0. The zero-order valence-electron chi connectivity index (χ0n) is 15.0. The first-order valence-electron chi connectivity index (χ1n) is 8.92. The van der Waals surface area contributed by atoms with Crippen LogP contribution in [0.15, 0.2) is 59.0 Å². The van der Waals surface area contributed by atoms with E-state index < -0.39 is 0 Å². The zero-order chi connectivity index (χ0) is 19.5. The van der Waals surface area contributed by atoms with Gasteiger partial charge in [0.25, 0.3) is 5.91 Å². The first-order chi connectivity index (χ1) is 13.7. The van der Waals surface area contributed by atoms with Gasteiger partial charge in [-0.15, -0.1) is 0 Å². The van der Waals surface area contributed by atoms with Crippen LogP contribution < -0.4 is 4.90 Å². The van der Waals surface area contributed by atoms with Crippen molar-refractivity contribution in [2.24, 2.45) is 0 Å². The molecule has 0 radical (unpaired) electrons. The van der Waals surface area contributed by atoms with Gasteiger partial charge in [0.15, 0.2) is 0 Å². The maximum absolute atomic E-state index is 12.6. The third kappa shape index (κ3) is 3.45. The van der Waals surface area contributed by atoms with Gasteiger partial charge in [-0.1, -0.05) is 41.9 Å². The third-order valence-electron chi connectivity index (χ3n) is 4.69. The van der Waals surface area contributed by atoms with Gasteiger partial charge >= 0.3 is 0 Å². The molecule has 1 aliphatic heterocycles. The predicted molar refractivity (Wildman–Crippen MR) is 106 cm³/mol. The van der Waals surface area contributed by atoms with E-state index in [-0.39, 0.29) is 11.6 Å². The Balaban J connectivity index is 1.51. The average molecular weight is 393 g/mol. The van der Waals surface area contributed by atoms with Crippen LogP contribution in [0.2, 0.25) is 5.02 Å². The molecule has 0 atom stereocenters. The van der Waals surface area contributed by atoms with E-state index in [1.54, 1.807) is 12.1 Å². The molecular formula is C21H17ClN4O2. The molecule has 1 saturated heterocycles. The number of benzene rings is 2. The fourth-order valence-corrected chi connectivity index (χ4v) is 3.44. The molecule has 2 aromatic carbocycles. The standard InChI is InChI=1S/C21H17ClN4O2/c22-17-9-5-4-8-16(17)19-24-18(14-23)21(28-19)26-12-10-25(11-13-26)20(27)15-6-2-1-3-7-15/h1-9H,10-13H2. The number of oxazole rings is 1. The lowest BCUT2D eigenvalue weighted by Crippen LogP contribution is -2.48. The molecule has 1 fully saturated rings. The monoisotopic (exact) mass is 392 g/mol. The number of halogens is 1. The van der Waals surface area contributed by atoms with Crippen molar-refractivity contribution in [2.75, 3.05) is 31.1 Å². The summed E-state index contributed by atoms with van der Waals surface area (Å²) in [5.74, 6) is 0.749. The Labute approximate surface area is 167 Å². The summed E-state index contributed by atoms with van der Waals surface area (Å²) in [6.45, 7) is 2.20. The number of hydrogen-bond acceptors (Lipinski definition) is 5. The molecule has 28 heavy (non-hydrogen) atoms. The molecule has 0 bridgehead atoms. The summed E-state index contributed by atoms with van der Waals surface area (Å²) < 4.78 is 5.90. The molecule has 1 aromatic heterocycles. The Morgan fingerprint density at radius 3 is 2.39 bits per heavy atom. The highest BCUT2D eigenvalue weighted by Crippen LogP contribution is 2.32. The molecular weight excluding hydrogens is 376 g/mol. The van der Waals surface area contributed by atoms with Crippen LogP contribution in [0.5, 0.6) is 0 Å². The van der Waals surface area contributed by atoms with Crippen molar-refractivity contribution in [2.45, 2.75) is 0 Å². The molecule has 7 heteroatoms. The lowest BCUT2D eigenvalue weighted by molar-refractivity contribution is 0.0745. The summed E-state index contributed by atoms with van der Waals surface area (Å²) in [5, 5.41) is 9.98. The minimum absolute atomic E-state index is 0.00934. The van der Waals surface area contributed by atoms with Crippen molar-refractivity contribution in [1.82, 2.24) is 9.88 Å². The van der Waals surface area contributed by atoms with Gasteiger partial charge in [0, 0.05) is 31.7 Å². The summed E-state index contributed by atoms with van der Waals surface area (Å²) in [6, 6.07) is 18.5. The fourth-order valence-electron chi connectivity index (χ4n) is 3.23. The number of carbonyl (C=O) groups is 1. The molecule has 1 aliphatic rings. The van der Waals surface area contributed by atoms with Crippen LogP contribution >= 0.6 is 11.6 Å². The van der Waals surface area contributed by atoms with Gasteiger partial charge in [-0.25, -0.2) is 0 Å². The largest absolute Gasteiger partial charge is 0.419 e. The van der Waals surface area contributed by atoms with E-state index in [1.165, 1.54) is 0 Å². The molecule has 0 unspecified atom stereocenters. The minimum Gasteiger partial charge on any atom is -0.419 e. The van der Waals surface area contributed by atoms with E-state index >= 15 is 0 Å². The first kappa shape index (κ1) is 18.1. The van der Waals surface area contributed by atoms with Crippen LogP contribution in [0.4, 0.5) is 5.88 Å². The Morgan fingerprint density at radius 2 is 1.71 bits per heavy atom. The maximum atomic E-state index is 12.6. The lowest BCUT2D eigenvalue weighted by Gasteiger charge is -2.34. The number of nitrogens with zero attached hydrogens (tertiary/aromatic N) is 4. The van der Waals surface area contributed by atoms with Crippen molar-refractivity contribution >= 4 is 23.4 Å². The second-order valence-electron chi connectivity index (χ2n) is 6.41. The smallest absolute Gasteiger partial charge is 0.253 e. The summed E-state index contributed by atoms with van der Waals surface area (Å²) in [5.41, 5.74) is 1.54. The molecule has 2 heterocycles. The number of nitriles is 1. The predicted octanol–water partition coefficient (Wildman–Crippen LogP) is 3.83. The highest BCUT2D eigenvalue weighted by molar-refractivity contribution is 6.33. The topological polar surface area (TPSA) is 73.4 Å². The van der Waals surface area contributed by atoms with Crippen LogP contribution in [-0.2, 0) is 0 Å². The Morgan fingerprint density at radius 1 is 1.04 bits per heavy atom. The summed E-state index contributed by atoms with van der Waals surface area (Å²) in [6.07, 6.45) is 0. The van der Waals surface area contributed by atoms with Crippen molar-refractivity contribution in [1.29, 1.82) is 5.26 Å². The van der Waals surface area contributed by atoms with Gasteiger partial charge < -0.3 is 14.2 Å². The van der Waals surface area contributed by atoms with Crippen molar-refractivity contribution in [3.63, 3.8) is 0 Å². The molecule has 0 aliphatic carbocycles. The van der Waals surface area contributed by atoms with Crippen molar-refractivity contribution in [3.8, 4) is 17.5 Å². The maximum Gasteiger partial charge on any atom is 0.253 e. The van der Waals surface area contributed by atoms with Crippen LogP contribution in [0, 0.1) is 11.3 Å². The van der Waals surface area contributed by atoms with Crippen LogP contribution in [0.25, 0.3) is 11.5 Å². The molecule has 6 nitrogen and oxygen atoms in total. The van der Waals surface area contributed by atoms with Gasteiger partial charge in [-0.05, 0) is 24.3 Å². The fraction of sp³-hybridized carbons (Fsp3) is 0.190. The normalized spacial score (nSPS) is 14.0. The minimum atomic E-state index is 0.00934. The van der Waals surface area contributed by atoms with Crippen molar-refractivity contribution in [3.05, 3.63) is 70.9 Å². The van der Waals surface area contributed by atoms with Gasteiger partial charge in [-0.3, -0.25) is 4.79 Å². The summed E-state index contributed by atoms with van der Waals surface area (Å²) in [7, 11) is 0. The summed E-state index contributed by atoms with van der Waals surface area (Å²) in [4.78, 5) is 20.7. The first-order valence-corrected chi connectivity index (χ1v) is 9.30. The lowest BCUT2D eigenvalue weighted by atomic mass is 10.2. The molecule has 0 spiro atoms. The van der Waals surface area contributed by atoms with E-state index in [0.717, 1.165) is 0 Å². The number of carbonyl (C=O) groups excluding carboxylic acids is 1. The molecule has 0 saturated carbocycles. The van der Waals surface area contributed by atoms with Crippen molar-refractivity contribution < 1.29 is 9.21 Å². The Bertz CT molecular complexity index is 1030. The van der Waals surface area contributed by atoms with E-state index in [0.29, 0.717) is 54.1 Å². The van der Waals surface area contributed by atoms with E-state index in [2.05, 4.69) is 11.1 Å². The highest BCUT2D eigenvalue weighted by atomic mass is 35.5. The van der Waals surface area contributed by atoms with E-state index in [4.69, 9.17) is 16.0 Å². The Hall–Kier alpha value is -3.30. The quantitative estimate of drug-likeness (QED) is 0.677. The second kappa shape index (κ2) is 7.75. The van der Waals surface area contributed by atoms with E-state index in [9.17, 15) is 10.1 Å². The molecule has 4 rings (SSSR count). The highest BCUT2D eigenvalue weighted by Gasteiger charge is 2.27. The Kier molecular flexibility index (Phi) is 5.00. The number of piperazine rings is 1. The van der Waals surface area contributed by atoms with Gasteiger partial charge in [0.05, 0.1) is 10.6 Å². The molecule has 1 amide bonds. The number of rotatable bonds is 3. The number of anilines is 1. The van der Waals surface area contributed by atoms with Crippen LogP contribution in [-0.4, -0.2) is 42.0 Å². The zero-order valence-corrected chi connectivity index (χ0v) is 15.8. The van der Waals surface area contributed by atoms with Crippen LogP contribution in [0.1, 0.15) is 16.1 Å². The molecule has 0 N–H and O–H groups in total. The van der Waals surface area contributed by atoms with Crippen LogP contribution in [0.3, 0.4) is 0 Å². The number of amides is 1. The summed E-state index contributed by atoms with van der Waals surface area (Å²) >= 11 is 6.22. The SMILES string of the molecule is N#Cc1nc(-c2ccccc2Cl)oc1N1CCN(C(=O)c2ccccc2)CC1.